The lowest BCUT2D eigenvalue weighted by Gasteiger charge is -2.11. The highest BCUT2D eigenvalue weighted by atomic mass is 32.2. The number of benzene rings is 1. The number of fused-ring (bicyclic) bond motifs is 1. The van der Waals surface area contributed by atoms with Crippen molar-refractivity contribution < 1.29 is 4.74 Å². The Kier molecular flexibility index (Phi) is 5.51. The summed E-state index contributed by atoms with van der Waals surface area (Å²) in [5.41, 5.74) is 1.29. The Morgan fingerprint density at radius 2 is 1.81 bits per heavy atom. The Bertz CT molecular complexity index is 1080. The molecule has 3 rings (SSSR count). The maximum absolute atomic E-state index is 12.8. The summed E-state index contributed by atoms with van der Waals surface area (Å²) >= 11 is 1.52. The minimum atomic E-state index is -0.268. The van der Waals surface area contributed by atoms with E-state index in [0.717, 1.165) is 16.3 Å². The van der Waals surface area contributed by atoms with Crippen LogP contribution in [0, 0.1) is 5.92 Å². The molecule has 0 N–H and O–H groups in total. The maximum atomic E-state index is 12.8. The van der Waals surface area contributed by atoms with Crippen LogP contribution in [0.2, 0.25) is 0 Å². The Morgan fingerprint density at radius 1 is 1.15 bits per heavy atom. The van der Waals surface area contributed by atoms with Crippen molar-refractivity contribution in [3.8, 4) is 5.75 Å². The van der Waals surface area contributed by atoms with Gasteiger partial charge < -0.3 is 9.30 Å². The van der Waals surface area contributed by atoms with Gasteiger partial charge in [0.2, 0.25) is 0 Å². The summed E-state index contributed by atoms with van der Waals surface area (Å²) in [4.78, 5) is 25.5. The van der Waals surface area contributed by atoms with Gasteiger partial charge in [-0.15, -0.1) is 11.8 Å². The molecule has 0 saturated heterocycles. The van der Waals surface area contributed by atoms with E-state index in [1.54, 1.807) is 18.7 Å². The highest BCUT2D eigenvalue weighted by Crippen LogP contribution is 2.27. The summed E-state index contributed by atoms with van der Waals surface area (Å²) in [5, 5.41) is 1.48. The molecule has 2 aromatic heterocycles. The molecule has 0 bridgehead atoms. The quantitative estimate of drug-likeness (QED) is 0.610. The smallest absolute Gasteiger partial charge is 0.331 e. The van der Waals surface area contributed by atoms with Crippen molar-refractivity contribution in [3.05, 3.63) is 56.9 Å². The molecule has 2 heterocycles. The molecule has 144 valence electrons. The first-order valence-corrected chi connectivity index (χ1v) is 10.1. The molecule has 0 amide bonds. The van der Waals surface area contributed by atoms with E-state index >= 15 is 0 Å². The summed E-state index contributed by atoms with van der Waals surface area (Å²) in [6.45, 7) is 5.32. The highest BCUT2D eigenvalue weighted by Gasteiger charge is 2.19. The van der Waals surface area contributed by atoms with Gasteiger partial charge in [-0.2, -0.15) is 0 Å². The molecule has 1 aromatic carbocycles. The van der Waals surface area contributed by atoms with E-state index in [0.29, 0.717) is 29.9 Å². The fraction of sp³-hybridized carbons (Fsp3) is 0.400. The van der Waals surface area contributed by atoms with Crippen LogP contribution in [0.15, 0.2) is 45.1 Å². The van der Waals surface area contributed by atoms with Gasteiger partial charge in [0, 0.05) is 26.3 Å². The van der Waals surface area contributed by atoms with E-state index in [1.807, 2.05) is 36.7 Å². The molecular formula is C20H25N3O3S. The first-order valence-electron chi connectivity index (χ1n) is 8.87. The second kappa shape index (κ2) is 7.68. The number of ether oxygens (including phenoxy) is 1. The van der Waals surface area contributed by atoms with Crippen LogP contribution in [0.3, 0.4) is 0 Å². The van der Waals surface area contributed by atoms with Crippen LogP contribution in [-0.2, 0) is 20.1 Å². The number of thioether (sulfide) groups is 1. The standard InChI is InChI=1S/C20H25N3O3S/c1-13(2)10-23-16-12-22(11-14-6-8-15(26-4)9-7-14)19(27-5)17(16)18(24)21(3)20(23)25/h6-9,12-13H,10-11H2,1-5H3. The lowest BCUT2D eigenvalue weighted by Crippen LogP contribution is -2.38. The summed E-state index contributed by atoms with van der Waals surface area (Å²) in [6.07, 6.45) is 3.88. The molecule has 0 aliphatic carbocycles. The van der Waals surface area contributed by atoms with Gasteiger partial charge in [0.25, 0.3) is 5.56 Å². The molecule has 0 radical (unpaired) electrons. The summed E-state index contributed by atoms with van der Waals surface area (Å²) < 4.78 is 10.2. The average Bonchev–Trinajstić information content (AvgIpc) is 3.02. The Balaban J connectivity index is 2.20. The van der Waals surface area contributed by atoms with Crippen LogP contribution in [-0.4, -0.2) is 27.1 Å². The van der Waals surface area contributed by atoms with Gasteiger partial charge in [-0.1, -0.05) is 26.0 Å². The van der Waals surface area contributed by atoms with Crippen LogP contribution in [0.5, 0.6) is 5.75 Å². The SMILES string of the molecule is COc1ccc(Cn2cc3c(c2SC)c(=O)n(C)c(=O)n3CC(C)C)cc1. The lowest BCUT2D eigenvalue weighted by molar-refractivity contribution is 0.414. The third-order valence-electron chi connectivity index (χ3n) is 4.59. The van der Waals surface area contributed by atoms with Gasteiger partial charge >= 0.3 is 5.69 Å². The van der Waals surface area contributed by atoms with Crippen molar-refractivity contribution in [1.29, 1.82) is 0 Å². The molecule has 3 aromatic rings. The zero-order chi connectivity index (χ0) is 19.7. The van der Waals surface area contributed by atoms with Crippen LogP contribution in [0.25, 0.3) is 10.9 Å². The Hall–Kier alpha value is -2.41. The number of aromatic nitrogens is 3. The van der Waals surface area contributed by atoms with E-state index < -0.39 is 0 Å². The number of hydrogen-bond acceptors (Lipinski definition) is 4. The van der Waals surface area contributed by atoms with Crippen molar-refractivity contribution in [2.45, 2.75) is 32.0 Å². The molecule has 27 heavy (non-hydrogen) atoms. The third kappa shape index (κ3) is 3.56. The fourth-order valence-corrected chi connectivity index (χ4v) is 4.02. The van der Waals surface area contributed by atoms with Crippen molar-refractivity contribution in [3.63, 3.8) is 0 Å². The van der Waals surface area contributed by atoms with Crippen LogP contribution in [0.1, 0.15) is 19.4 Å². The third-order valence-corrected chi connectivity index (χ3v) is 5.41. The van der Waals surface area contributed by atoms with Crippen molar-refractivity contribution in [1.82, 2.24) is 13.7 Å². The van der Waals surface area contributed by atoms with E-state index in [1.165, 1.54) is 16.3 Å². The molecule has 7 heteroatoms. The summed E-state index contributed by atoms with van der Waals surface area (Å²) in [6, 6.07) is 7.86. The number of methoxy groups -OCH3 is 1. The zero-order valence-corrected chi connectivity index (χ0v) is 17.2. The topological polar surface area (TPSA) is 58.2 Å². The summed E-state index contributed by atoms with van der Waals surface area (Å²) in [5.74, 6) is 1.10. The normalized spacial score (nSPS) is 11.5. The monoisotopic (exact) mass is 387 g/mol. The maximum Gasteiger partial charge on any atom is 0.331 e. The molecule has 0 unspecified atom stereocenters. The van der Waals surface area contributed by atoms with Gasteiger partial charge in [0.15, 0.2) is 0 Å². The van der Waals surface area contributed by atoms with Crippen LogP contribution >= 0.6 is 11.8 Å². The Morgan fingerprint density at radius 3 is 2.37 bits per heavy atom. The number of hydrogen-bond donors (Lipinski definition) is 0. The van der Waals surface area contributed by atoms with Gasteiger partial charge in [-0.25, -0.2) is 4.79 Å². The molecule has 0 fully saturated rings. The minimum absolute atomic E-state index is 0.243. The Labute approximate surface area is 162 Å². The van der Waals surface area contributed by atoms with Gasteiger partial charge in [-0.3, -0.25) is 13.9 Å². The molecule has 0 saturated carbocycles. The number of nitrogens with zero attached hydrogens (tertiary/aromatic N) is 3. The molecular weight excluding hydrogens is 362 g/mol. The predicted molar refractivity (Wildman–Crippen MR) is 110 cm³/mol. The van der Waals surface area contributed by atoms with E-state index in [-0.39, 0.29) is 11.2 Å². The van der Waals surface area contributed by atoms with Crippen molar-refractivity contribution >= 4 is 22.7 Å². The zero-order valence-electron chi connectivity index (χ0n) is 16.4. The predicted octanol–water partition coefficient (Wildman–Crippen LogP) is 2.94. The van der Waals surface area contributed by atoms with Crippen LogP contribution in [0.4, 0.5) is 0 Å². The minimum Gasteiger partial charge on any atom is -0.497 e. The van der Waals surface area contributed by atoms with Crippen molar-refractivity contribution in [2.75, 3.05) is 13.4 Å². The second-order valence-electron chi connectivity index (χ2n) is 7.03. The van der Waals surface area contributed by atoms with Gasteiger partial charge in [0.1, 0.15) is 5.75 Å². The molecule has 0 aliphatic heterocycles. The van der Waals surface area contributed by atoms with Gasteiger partial charge in [0.05, 0.1) is 23.0 Å². The van der Waals surface area contributed by atoms with Crippen LogP contribution < -0.4 is 16.0 Å². The molecule has 0 spiro atoms. The second-order valence-corrected chi connectivity index (χ2v) is 7.82. The first-order chi connectivity index (χ1) is 12.9. The van der Waals surface area contributed by atoms with E-state index in [4.69, 9.17) is 4.74 Å². The average molecular weight is 388 g/mol. The van der Waals surface area contributed by atoms with Crippen molar-refractivity contribution in [2.24, 2.45) is 13.0 Å². The number of rotatable bonds is 6. The summed E-state index contributed by atoms with van der Waals surface area (Å²) in [7, 11) is 3.19. The molecule has 6 nitrogen and oxygen atoms in total. The highest BCUT2D eigenvalue weighted by molar-refractivity contribution is 7.98. The van der Waals surface area contributed by atoms with E-state index in [2.05, 4.69) is 18.4 Å². The lowest BCUT2D eigenvalue weighted by atomic mass is 10.2. The molecule has 0 atom stereocenters. The fourth-order valence-electron chi connectivity index (χ4n) is 3.27. The van der Waals surface area contributed by atoms with Gasteiger partial charge in [-0.05, 0) is 29.9 Å². The molecule has 0 aliphatic rings. The first kappa shape index (κ1) is 19.4. The van der Waals surface area contributed by atoms with E-state index in [9.17, 15) is 9.59 Å². The largest absolute Gasteiger partial charge is 0.497 e.